The number of fused-ring (bicyclic) bond motifs is 1. The highest BCUT2D eigenvalue weighted by Gasteiger charge is 2.16. The standard InChI is InChI=1S/C24H20N2O2/c1-16-12-13-17(2)22(14-16)25-15-21-19-10-6-7-11-20(19)23(27)26(24(21)28)18-8-4-3-5-9-18/h3-15,28H,1-2H3. The number of aromatic nitrogens is 1. The van der Waals surface area contributed by atoms with E-state index in [1.54, 1.807) is 24.4 Å². The fourth-order valence-electron chi connectivity index (χ4n) is 3.30. The molecule has 1 heterocycles. The van der Waals surface area contributed by atoms with Crippen LogP contribution in [0.15, 0.2) is 82.6 Å². The molecule has 0 saturated heterocycles. The maximum Gasteiger partial charge on any atom is 0.265 e. The molecule has 0 spiro atoms. The Morgan fingerprint density at radius 2 is 1.57 bits per heavy atom. The molecule has 0 aliphatic rings. The number of aromatic hydroxyl groups is 1. The first-order chi connectivity index (χ1) is 13.6. The Morgan fingerprint density at radius 1 is 0.893 bits per heavy atom. The van der Waals surface area contributed by atoms with Crippen molar-refractivity contribution in [2.24, 2.45) is 4.99 Å². The molecule has 3 aromatic carbocycles. The largest absolute Gasteiger partial charge is 0.494 e. The third kappa shape index (κ3) is 3.09. The smallest absolute Gasteiger partial charge is 0.265 e. The number of pyridine rings is 1. The van der Waals surface area contributed by atoms with Gasteiger partial charge in [0.25, 0.3) is 5.56 Å². The molecule has 0 fully saturated rings. The van der Waals surface area contributed by atoms with Crippen molar-refractivity contribution in [3.8, 4) is 11.6 Å². The van der Waals surface area contributed by atoms with E-state index in [2.05, 4.69) is 4.99 Å². The number of para-hydroxylation sites is 1. The number of aliphatic imine (C=N–C) groups is 1. The molecule has 0 amide bonds. The predicted molar refractivity (Wildman–Crippen MR) is 114 cm³/mol. The first kappa shape index (κ1) is 17.7. The first-order valence-corrected chi connectivity index (χ1v) is 9.10. The molecule has 0 radical (unpaired) electrons. The Hall–Kier alpha value is -3.66. The van der Waals surface area contributed by atoms with Gasteiger partial charge in [-0.2, -0.15) is 0 Å². The molecule has 1 aromatic heterocycles. The van der Waals surface area contributed by atoms with E-state index in [9.17, 15) is 9.90 Å². The van der Waals surface area contributed by atoms with Crippen molar-refractivity contribution in [2.45, 2.75) is 13.8 Å². The summed E-state index contributed by atoms with van der Waals surface area (Å²) in [7, 11) is 0. The van der Waals surface area contributed by atoms with Gasteiger partial charge < -0.3 is 5.11 Å². The zero-order valence-electron chi connectivity index (χ0n) is 15.8. The van der Waals surface area contributed by atoms with Gasteiger partial charge in [0.05, 0.1) is 16.9 Å². The molecule has 0 aliphatic carbocycles. The summed E-state index contributed by atoms with van der Waals surface area (Å²) in [5, 5.41) is 12.2. The maximum atomic E-state index is 13.0. The van der Waals surface area contributed by atoms with Gasteiger partial charge in [0, 0.05) is 17.0 Å². The van der Waals surface area contributed by atoms with Gasteiger partial charge in [0.2, 0.25) is 5.88 Å². The summed E-state index contributed by atoms with van der Waals surface area (Å²) in [5.74, 6) is -0.121. The van der Waals surface area contributed by atoms with Gasteiger partial charge in [-0.15, -0.1) is 0 Å². The first-order valence-electron chi connectivity index (χ1n) is 9.10. The van der Waals surface area contributed by atoms with E-state index in [1.165, 1.54) is 4.57 Å². The second kappa shape index (κ2) is 7.16. The lowest BCUT2D eigenvalue weighted by atomic mass is 10.1. The highest BCUT2D eigenvalue weighted by atomic mass is 16.3. The molecule has 4 heteroatoms. The number of hydrogen-bond donors (Lipinski definition) is 1. The van der Waals surface area contributed by atoms with Crippen LogP contribution in [0.3, 0.4) is 0 Å². The van der Waals surface area contributed by atoms with Gasteiger partial charge in [0.15, 0.2) is 0 Å². The summed E-state index contributed by atoms with van der Waals surface area (Å²) in [6.07, 6.45) is 1.64. The fraction of sp³-hybridized carbons (Fsp3) is 0.0833. The van der Waals surface area contributed by atoms with Crippen LogP contribution in [-0.4, -0.2) is 15.9 Å². The van der Waals surface area contributed by atoms with Crippen molar-refractivity contribution in [3.05, 3.63) is 99.8 Å². The van der Waals surface area contributed by atoms with E-state index >= 15 is 0 Å². The minimum absolute atomic E-state index is 0.121. The predicted octanol–water partition coefficient (Wildman–Crippen LogP) is 5.06. The third-order valence-electron chi connectivity index (χ3n) is 4.82. The maximum absolute atomic E-state index is 13.0. The van der Waals surface area contributed by atoms with Crippen molar-refractivity contribution in [1.29, 1.82) is 0 Å². The van der Waals surface area contributed by atoms with Crippen LogP contribution in [0, 0.1) is 13.8 Å². The zero-order valence-corrected chi connectivity index (χ0v) is 15.8. The number of rotatable bonds is 3. The SMILES string of the molecule is Cc1ccc(C)c(N=Cc2c(O)n(-c3ccccc3)c(=O)c3ccccc23)c1. The lowest BCUT2D eigenvalue weighted by Gasteiger charge is -2.13. The van der Waals surface area contributed by atoms with E-state index in [0.717, 1.165) is 16.8 Å². The van der Waals surface area contributed by atoms with E-state index in [-0.39, 0.29) is 11.4 Å². The average molecular weight is 368 g/mol. The molecule has 0 unspecified atom stereocenters. The number of hydrogen-bond acceptors (Lipinski definition) is 3. The summed E-state index contributed by atoms with van der Waals surface area (Å²) in [4.78, 5) is 17.6. The Kier molecular flexibility index (Phi) is 4.53. The summed E-state index contributed by atoms with van der Waals surface area (Å²) in [6.45, 7) is 4.01. The van der Waals surface area contributed by atoms with Crippen LogP contribution < -0.4 is 5.56 Å². The highest BCUT2D eigenvalue weighted by molar-refractivity contribution is 6.02. The van der Waals surface area contributed by atoms with Crippen LogP contribution in [0.25, 0.3) is 16.5 Å². The third-order valence-corrected chi connectivity index (χ3v) is 4.82. The second-order valence-corrected chi connectivity index (χ2v) is 6.81. The highest BCUT2D eigenvalue weighted by Crippen LogP contribution is 2.27. The number of benzene rings is 3. The van der Waals surface area contributed by atoms with Gasteiger partial charge in [0.1, 0.15) is 0 Å². The lowest BCUT2D eigenvalue weighted by Crippen LogP contribution is -2.20. The fourth-order valence-corrected chi connectivity index (χ4v) is 3.30. The lowest BCUT2D eigenvalue weighted by molar-refractivity contribution is 0.436. The minimum Gasteiger partial charge on any atom is -0.494 e. The molecule has 4 rings (SSSR count). The zero-order chi connectivity index (χ0) is 19.7. The molecule has 0 atom stereocenters. The summed E-state index contributed by atoms with van der Waals surface area (Å²) >= 11 is 0. The molecule has 1 N–H and O–H groups in total. The molecule has 4 nitrogen and oxygen atoms in total. The minimum atomic E-state index is -0.261. The van der Waals surface area contributed by atoms with Crippen molar-refractivity contribution in [1.82, 2.24) is 4.57 Å². The van der Waals surface area contributed by atoms with Crippen molar-refractivity contribution in [3.63, 3.8) is 0 Å². The van der Waals surface area contributed by atoms with E-state index in [4.69, 9.17) is 0 Å². The van der Waals surface area contributed by atoms with Crippen LogP contribution in [0.5, 0.6) is 5.88 Å². The Labute approximate surface area is 163 Å². The van der Waals surface area contributed by atoms with Gasteiger partial charge in [-0.3, -0.25) is 9.79 Å². The second-order valence-electron chi connectivity index (χ2n) is 6.81. The molecule has 4 aromatic rings. The van der Waals surface area contributed by atoms with Crippen LogP contribution in [0.2, 0.25) is 0 Å². The molecule has 0 bridgehead atoms. The Balaban J connectivity index is 1.99. The van der Waals surface area contributed by atoms with Crippen molar-refractivity contribution >= 4 is 22.7 Å². The monoisotopic (exact) mass is 368 g/mol. The van der Waals surface area contributed by atoms with Crippen molar-refractivity contribution < 1.29 is 5.11 Å². The normalized spacial score (nSPS) is 11.4. The van der Waals surface area contributed by atoms with Gasteiger partial charge in [-0.25, -0.2) is 4.57 Å². The number of aryl methyl sites for hydroxylation is 2. The van der Waals surface area contributed by atoms with Gasteiger partial charge in [-0.1, -0.05) is 48.5 Å². The molecule has 0 aliphatic heterocycles. The van der Waals surface area contributed by atoms with E-state index < -0.39 is 0 Å². The molecule has 28 heavy (non-hydrogen) atoms. The molecular formula is C24H20N2O2. The average Bonchev–Trinajstić information content (AvgIpc) is 2.71. The number of nitrogens with zero attached hydrogens (tertiary/aromatic N) is 2. The summed E-state index contributed by atoms with van der Waals surface area (Å²) < 4.78 is 1.33. The summed E-state index contributed by atoms with van der Waals surface area (Å²) in [5.41, 5.74) is 3.85. The van der Waals surface area contributed by atoms with Crippen LogP contribution in [0.4, 0.5) is 5.69 Å². The van der Waals surface area contributed by atoms with Crippen LogP contribution in [-0.2, 0) is 0 Å². The topological polar surface area (TPSA) is 54.6 Å². The Bertz CT molecular complexity index is 1260. The van der Waals surface area contributed by atoms with Gasteiger partial charge in [-0.05, 0) is 49.2 Å². The molecule has 138 valence electrons. The Morgan fingerprint density at radius 3 is 2.32 bits per heavy atom. The molecule has 0 saturated carbocycles. The summed E-state index contributed by atoms with van der Waals surface area (Å²) in [6, 6.07) is 22.5. The van der Waals surface area contributed by atoms with E-state index in [1.807, 2.05) is 68.4 Å². The van der Waals surface area contributed by atoms with Crippen LogP contribution >= 0.6 is 0 Å². The van der Waals surface area contributed by atoms with E-state index in [0.29, 0.717) is 22.0 Å². The molecular weight excluding hydrogens is 348 g/mol. The van der Waals surface area contributed by atoms with Gasteiger partial charge >= 0.3 is 0 Å². The van der Waals surface area contributed by atoms with Crippen molar-refractivity contribution in [2.75, 3.05) is 0 Å². The quantitative estimate of drug-likeness (QED) is 0.514. The van der Waals surface area contributed by atoms with Crippen LogP contribution in [0.1, 0.15) is 16.7 Å².